The summed E-state index contributed by atoms with van der Waals surface area (Å²) in [5, 5.41) is 0. The van der Waals surface area contributed by atoms with E-state index in [2.05, 4.69) is 27.7 Å². The predicted molar refractivity (Wildman–Crippen MR) is 60.2 cm³/mol. The predicted octanol–water partition coefficient (Wildman–Crippen LogP) is 2.57. The molecule has 0 spiro atoms. The van der Waals surface area contributed by atoms with E-state index in [4.69, 9.17) is 10.5 Å². The van der Waals surface area contributed by atoms with Crippen LogP contribution in [-0.4, -0.2) is 18.8 Å². The summed E-state index contributed by atoms with van der Waals surface area (Å²) in [7, 11) is 0. The highest BCUT2D eigenvalue weighted by Crippen LogP contribution is 2.50. The van der Waals surface area contributed by atoms with Gasteiger partial charge in [0.2, 0.25) is 0 Å². The van der Waals surface area contributed by atoms with Crippen molar-refractivity contribution in [2.75, 3.05) is 6.61 Å². The topological polar surface area (TPSA) is 35.2 Å². The number of hydrogen-bond donors (Lipinski definition) is 1. The Kier molecular flexibility index (Phi) is 3.27. The fourth-order valence-electron chi connectivity index (χ4n) is 2.66. The largest absolute Gasteiger partial charge is 0.376 e. The third-order valence-corrected chi connectivity index (χ3v) is 3.36. The molecule has 1 saturated carbocycles. The molecule has 0 aromatic heterocycles. The SMILES string of the molecule is CC(N)COC1C(C)(C)CCC1(C)C. The van der Waals surface area contributed by atoms with E-state index < -0.39 is 0 Å². The zero-order chi connectivity index (χ0) is 11.0. The summed E-state index contributed by atoms with van der Waals surface area (Å²) in [6, 6.07) is 0.141. The van der Waals surface area contributed by atoms with Gasteiger partial charge in [-0.05, 0) is 30.6 Å². The van der Waals surface area contributed by atoms with Gasteiger partial charge in [-0.1, -0.05) is 27.7 Å². The fraction of sp³-hybridized carbons (Fsp3) is 1.00. The lowest BCUT2D eigenvalue weighted by Gasteiger charge is -2.35. The summed E-state index contributed by atoms with van der Waals surface area (Å²) >= 11 is 0. The van der Waals surface area contributed by atoms with Crippen molar-refractivity contribution in [3.05, 3.63) is 0 Å². The second kappa shape index (κ2) is 3.82. The fourth-order valence-corrected chi connectivity index (χ4v) is 2.66. The molecule has 1 aliphatic carbocycles. The van der Waals surface area contributed by atoms with Crippen LogP contribution in [0.4, 0.5) is 0 Å². The first-order valence-corrected chi connectivity index (χ1v) is 5.63. The Bertz CT molecular complexity index is 180. The molecular formula is C12H25NO. The highest BCUT2D eigenvalue weighted by atomic mass is 16.5. The van der Waals surface area contributed by atoms with Crippen molar-refractivity contribution in [2.45, 2.75) is 59.6 Å². The normalized spacial score (nSPS) is 27.9. The molecule has 1 aliphatic rings. The average molecular weight is 199 g/mol. The Labute approximate surface area is 88.2 Å². The van der Waals surface area contributed by atoms with Crippen LogP contribution in [0.3, 0.4) is 0 Å². The molecule has 0 amide bonds. The van der Waals surface area contributed by atoms with Gasteiger partial charge in [0.15, 0.2) is 0 Å². The minimum Gasteiger partial charge on any atom is -0.376 e. The molecule has 0 aromatic rings. The second-order valence-electron chi connectivity index (χ2n) is 6.17. The zero-order valence-corrected chi connectivity index (χ0v) is 10.3. The molecule has 1 rings (SSSR count). The van der Waals surface area contributed by atoms with Crippen LogP contribution in [0, 0.1) is 10.8 Å². The van der Waals surface area contributed by atoms with Gasteiger partial charge in [0.05, 0.1) is 12.7 Å². The Hall–Kier alpha value is -0.0800. The first-order valence-electron chi connectivity index (χ1n) is 5.63. The second-order valence-corrected chi connectivity index (χ2v) is 6.17. The van der Waals surface area contributed by atoms with Crippen LogP contribution in [-0.2, 0) is 4.74 Å². The quantitative estimate of drug-likeness (QED) is 0.758. The van der Waals surface area contributed by atoms with Gasteiger partial charge in [-0.2, -0.15) is 0 Å². The highest BCUT2D eigenvalue weighted by molar-refractivity contribution is 4.97. The van der Waals surface area contributed by atoms with E-state index in [0.29, 0.717) is 23.5 Å². The first kappa shape index (κ1) is 12.0. The molecule has 2 heteroatoms. The molecule has 1 atom stereocenters. The molecule has 0 radical (unpaired) electrons. The van der Waals surface area contributed by atoms with Crippen LogP contribution < -0.4 is 5.73 Å². The summed E-state index contributed by atoms with van der Waals surface area (Å²) in [6.07, 6.45) is 2.86. The summed E-state index contributed by atoms with van der Waals surface area (Å²) in [6.45, 7) is 11.9. The molecule has 0 saturated heterocycles. The summed E-state index contributed by atoms with van der Waals surface area (Å²) in [5.74, 6) is 0. The van der Waals surface area contributed by atoms with Crippen molar-refractivity contribution in [3.8, 4) is 0 Å². The molecule has 0 aromatic carbocycles. The third-order valence-electron chi connectivity index (χ3n) is 3.36. The highest BCUT2D eigenvalue weighted by Gasteiger charge is 2.47. The van der Waals surface area contributed by atoms with Crippen LogP contribution in [0.2, 0.25) is 0 Å². The maximum absolute atomic E-state index is 5.97. The van der Waals surface area contributed by atoms with Crippen molar-refractivity contribution in [1.29, 1.82) is 0 Å². The van der Waals surface area contributed by atoms with E-state index >= 15 is 0 Å². The molecule has 1 unspecified atom stereocenters. The summed E-state index contributed by atoms with van der Waals surface area (Å²) < 4.78 is 5.97. The van der Waals surface area contributed by atoms with Gasteiger partial charge < -0.3 is 10.5 Å². The van der Waals surface area contributed by atoms with Gasteiger partial charge in [-0.15, -0.1) is 0 Å². The zero-order valence-electron chi connectivity index (χ0n) is 10.3. The first-order chi connectivity index (χ1) is 6.26. The standard InChI is InChI=1S/C12H25NO/c1-9(13)8-14-10-11(2,3)6-7-12(10,4)5/h9-10H,6-8,13H2,1-5H3. The molecule has 1 fully saturated rings. The average Bonchev–Trinajstić information content (AvgIpc) is 2.19. The number of hydrogen-bond acceptors (Lipinski definition) is 2. The van der Waals surface area contributed by atoms with Crippen LogP contribution in [0.5, 0.6) is 0 Å². The summed E-state index contributed by atoms with van der Waals surface area (Å²) in [4.78, 5) is 0. The summed E-state index contributed by atoms with van der Waals surface area (Å²) in [5.41, 5.74) is 6.33. The minimum atomic E-state index is 0.141. The van der Waals surface area contributed by atoms with Crippen molar-refractivity contribution < 1.29 is 4.74 Å². The lowest BCUT2D eigenvalue weighted by molar-refractivity contribution is -0.0614. The monoisotopic (exact) mass is 199 g/mol. The van der Waals surface area contributed by atoms with Crippen LogP contribution in [0.25, 0.3) is 0 Å². The van der Waals surface area contributed by atoms with E-state index in [0.717, 1.165) is 0 Å². The maximum Gasteiger partial charge on any atom is 0.0677 e. The van der Waals surface area contributed by atoms with E-state index in [-0.39, 0.29) is 6.04 Å². The van der Waals surface area contributed by atoms with E-state index in [1.807, 2.05) is 6.92 Å². The Morgan fingerprint density at radius 2 is 1.64 bits per heavy atom. The van der Waals surface area contributed by atoms with Gasteiger partial charge in [-0.3, -0.25) is 0 Å². The maximum atomic E-state index is 5.97. The molecule has 0 heterocycles. The Morgan fingerprint density at radius 1 is 1.21 bits per heavy atom. The molecule has 0 bridgehead atoms. The van der Waals surface area contributed by atoms with Crippen LogP contribution in [0.1, 0.15) is 47.5 Å². The Balaban J connectivity index is 2.62. The van der Waals surface area contributed by atoms with Gasteiger partial charge in [0.25, 0.3) is 0 Å². The smallest absolute Gasteiger partial charge is 0.0677 e. The van der Waals surface area contributed by atoms with Gasteiger partial charge in [0.1, 0.15) is 0 Å². The number of rotatable bonds is 3. The van der Waals surface area contributed by atoms with E-state index in [9.17, 15) is 0 Å². The molecule has 84 valence electrons. The van der Waals surface area contributed by atoms with Crippen molar-refractivity contribution in [3.63, 3.8) is 0 Å². The van der Waals surface area contributed by atoms with Gasteiger partial charge in [0, 0.05) is 6.04 Å². The van der Waals surface area contributed by atoms with Crippen LogP contribution in [0.15, 0.2) is 0 Å². The molecule has 0 aliphatic heterocycles. The molecular weight excluding hydrogens is 174 g/mol. The van der Waals surface area contributed by atoms with Crippen LogP contribution >= 0.6 is 0 Å². The molecule has 2 nitrogen and oxygen atoms in total. The van der Waals surface area contributed by atoms with E-state index in [1.165, 1.54) is 12.8 Å². The van der Waals surface area contributed by atoms with Gasteiger partial charge in [-0.25, -0.2) is 0 Å². The van der Waals surface area contributed by atoms with Gasteiger partial charge >= 0.3 is 0 Å². The lowest BCUT2D eigenvalue weighted by Crippen LogP contribution is -2.39. The number of ether oxygens (including phenoxy) is 1. The molecule has 2 N–H and O–H groups in total. The van der Waals surface area contributed by atoms with E-state index in [1.54, 1.807) is 0 Å². The van der Waals surface area contributed by atoms with Crippen molar-refractivity contribution in [2.24, 2.45) is 16.6 Å². The van der Waals surface area contributed by atoms with Crippen molar-refractivity contribution in [1.82, 2.24) is 0 Å². The third kappa shape index (κ3) is 2.48. The Morgan fingerprint density at radius 3 is 2.00 bits per heavy atom. The lowest BCUT2D eigenvalue weighted by atomic mass is 9.81. The van der Waals surface area contributed by atoms with Crippen molar-refractivity contribution >= 4 is 0 Å². The minimum absolute atomic E-state index is 0.141. The molecule has 14 heavy (non-hydrogen) atoms. The number of nitrogens with two attached hydrogens (primary N) is 1.